The first kappa shape index (κ1) is 8.00. The molecule has 0 aromatic carbocycles. The Morgan fingerprint density at radius 2 is 1.58 bits per heavy atom. The van der Waals surface area contributed by atoms with Crippen molar-refractivity contribution in [3.63, 3.8) is 0 Å². The van der Waals surface area contributed by atoms with E-state index in [9.17, 15) is 0 Å². The Morgan fingerprint density at radius 3 is 2.08 bits per heavy atom. The van der Waals surface area contributed by atoms with Gasteiger partial charge in [0.1, 0.15) is 0 Å². The normalized spacial score (nSPS) is 53.5. The Morgan fingerprint density at radius 1 is 1.08 bits per heavy atom. The predicted molar refractivity (Wildman–Crippen MR) is 57.1 cm³/mol. The Kier molecular flexibility index (Phi) is 1.72. The molecule has 3 rings (SSSR count). The summed E-state index contributed by atoms with van der Waals surface area (Å²) in [7, 11) is 2.27. The van der Waals surface area contributed by atoms with E-state index in [4.69, 9.17) is 0 Å². The first-order valence-corrected chi connectivity index (χ1v) is 5.86. The van der Waals surface area contributed by atoms with Gasteiger partial charge in [-0.2, -0.15) is 0 Å². The highest BCUT2D eigenvalue weighted by Gasteiger charge is 2.54. The minimum atomic E-state index is 0.922. The number of rotatable bonds is 0. The minimum Gasteiger partial charge on any atom is -0.306 e. The van der Waals surface area contributed by atoms with E-state index in [1.807, 2.05) is 0 Å². The first-order valence-electron chi connectivity index (χ1n) is 4.90. The molecule has 4 atom stereocenters. The summed E-state index contributed by atoms with van der Waals surface area (Å²) in [5.74, 6) is 2.01. The third-order valence-corrected chi connectivity index (χ3v) is 5.41. The summed E-state index contributed by atoms with van der Waals surface area (Å²) < 4.78 is 2.63. The van der Waals surface area contributed by atoms with Gasteiger partial charge in [-0.15, -0.1) is 0 Å². The second-order valence-electron chi connectivity index (χ2n) is 4.61. The van der Waals surface area contributed by atoms with E-state index < -0.39 is 0 Å². The lowest BCUT2D eigenvalue weighted by Crippen LogP contribution is -2.27. The summed E-state index contributed by atoms with van der Waals surface area (Å²) in [6.45, 7) is 2.71. The molecule has 0 saturated carbocycles. The summed E-state index contributed by atoms with van der Waals surface area (Å²) in [5.41, 5.74) is 0. The van der Waals surface area contributed by atoms with Gasteiger partial charge >= 0.3 is 0 Å². The van der Waals surface area contributed by atoms with Crippen molar-refractivity contribution in [2.24, 2.45) is 11.8 Å². The molecule has 0 spiro atoms. The summed E-state index contributed by atoms with van der Waals surface area (Å²) in [6, 6.07) is 1.84. The topological polar surface area (TPSA) is 6.48 Å². The van der Waals surface area contributed by atoms with Gasteiger partial charge in [0.05, 0.1) is 0 Å². The van der Waals surface area contributed by atoms with E-state index in [1.54, 1.807) is 0 Å². The van der Waals surface area contributed by atoms with Crippen molar-refractivity contribution in [2.75, 3.05) is 20.1 Å². The zero-order valence-electron chi connectivity index (χ0n) is 7.41. The van der Waals surface area contributed by atoms with Crippen LogP contribution in [-0.4, -0.2) is 40.2 Å². The Hall–Kier alpha value is 0.650. The molecule has 3 heteroatoms. The van der Waals surface area contributed by atoms with Gasteiger partial charge in [-0.25, -0.2) is 3.11 Å². The fourth-order valence-electron chi connectivity index (χ4n) is 3.51. The molecule has 3 fully saturated rings. The van der Waals surface area contributed by atoms with E-state index in [0.29, 0.717) is 0 Å². The lowest BCUT2D eigenvalue weighted by Gasteiger charge is -2.20. The van der Waals surface area contributed by atoms with Crippen LogP contribution in [0.1, 0.15) is 12.8 Å². The Labute approximate surface area is 87.8 Å². The Balaban J connectivity index is 1.89. The molecule has 3 aliphatic heterocycles. The monoisotopic (exact) mass is 278 g/mol. The minimum absolute atomic E-state index is 0.922. The molecule has 2 bridgehead atoms. The lowest BCUT2D eigenvalue weighted by atomic mass is 9.82. The molecule has 0 radical (unpaired) electrons. The molecular formula is C9H15IN2. The summed E-state index contributed by atoms with van der Waals surface area (Å²) in [6.07, 6.45) is 2.92. The maximum Gasteiger partial charge on any atom is 0.0242 e. The third kappa shape index (κ3) is 0.876. The largest absolute Gasteiger partial charge is 0.306 e. The van der Waals surface area contributed by atoms with E-state index in [1.165, 1.54) is 25.9 Å². The third-order valence-electron chi connectivity index (χ3n) is 3.98. The maximum absolute atomic E-state index is 2.63. The molecule has 0 aromatic rings. The highest BCUT2D eigenvalue weighted by atomic mass is 127. The summed E-state index contributed by atoms with van der Waals surface area (Å²) in [4.78, 5) is 2.52. The van der Waals surface area contributed by atoms with Gasteiger partial charge in [0.15, 0.2) is 0 Å². The van der Waals surface area contributed by atoms with E-state index >= 15 is 0 Å². The smallest absolute Gasteiger partial charge is 0.0242 e. The van der Waals surface area contributed by atoms with Crippen LogP contribution in [0.2, 0.25) is 0 Å². The molecule has 3 aliphatic rings. The van der Waals surface area contributed by atoms with Crippen LogP contribution in [0.5, 0.6) is 0 Å². The number of hydrogen-bond acceptors (Lipinski definition) is 2. The van der Waals surface area contributed by atoms with Gasteiger partial charge in [0.25, 0.3) is 0 Å². The summed E-state index contributed by atoms with van der Waals surface area (Å²) >= 11 is 2.56. The Bertz CT molecular complexity index is 189. The molecule has 0 aliphatic carbocycles. The SMILES string of the molecule is CN1C[C@@H]2[C@H](C1)[C@@H]1CC[C@H]2N1I. The predicted octanol–water partition coefficient (Wildman–Crippen LogP) is 1.36. The van der Waals surface area contributed by atoms with Crippen LogP contribution in [0, 0.1) is 11.8 Å². The molecular weight excluding hydrogens is 263 g/mol. The van der Waals surface area contributed by atoms with E-state index in [0.717, 1.165) is 23.9 Å². The fourth-order valence-corrected chi connectivity index (χ4v) is 4.89. The van der Waals surface area contributed by atoms with Crippen LogP contribution in [-0.2, 0) is 0 Å². The second-order valence-corrected chi connectivity index (χ2v) is 5.72. The number of fused-ring (bicyclic) bond motifs is 5. The number of nitrogens with zero attached hydrogens (tertiary/aromatic N) is 2. The zero-order valence-corrected chi connectivity index (χ0v) is 9.57. The second kappa shape index (κ2) is 2.58. The molecule has 3 saturated heterocycles. The first-order chi connectivity index (χ1) is 5.77. The lowest BCUT2D eigenvalue weighted by molar-refractivity contribution is 0.330. The summed E-state index contributed by atoms with van der Waals surface area (Å²) in [5, 5.41) is 0. The van der Waals surface area contributed by atoms with Gasteiger partial charge in [-0.05, 0) is 31.7 Å². The highest BCUT2D eigenvalue weighted by molar-refractivity contribution is 14.1. The molecule has 12 heavy (non-hydrogen) atoms. The van der Waals surface area contributed by atoms with Gasteiger partial charge in [0.2, 0.25) is 0 Å². The average molecular weight is 278 g/mol. The standard InChI is InChI=1S/C9H15IN2/c1-11-4-6-7(5-11)9-3-2-8(6)12(9)10/h6-9H,2-5H2,1H3/t6-,7+,8-,9+. The van der Waals surface area contributed by atoms with Crippen LogP contribution in [0.25, 0.3) is 0 Å². The van der Waals surface area contributed by atoms with Crippen LogP contribution in [0.4, 0.5) is 0 Å². The van der Waals surface area contributed by atoms with Gasteiger partial charge in [0, 0.05) is 48.0 Å². The van der Waals surface area contributed by atoms with E-state index in [2.05, 4.69) is 37.9 Å². The van der Waals surface area contributed by atoms with Crippen LogP contribution >= 0.6 is 22.9 Å². The van der Waals surface area contributed by atoms with Crippen molar-refractivity contribution in [1.29, 1.82) is 0 Å². The molecule has 0 N–H and O–H groups in total. The molecule has 0 aromatic heterocycles. The van der Waals surface area contributed by atoms with E-state index in [-0.39, 0.29) is 0 Å². The van der Waals surface area contributed by atoms with Crippen LogP contribution in [0.15, 0.2) is 0 Å². The van der Waals surface area contributed by atoms with Crippen molar-refractivity contribution in [2.45, 2.75) is 24.9 Å². The van der Waals surface area contributed by atoms with Crippen molar-refractivity contribution in [3.05, 3.63) is 0 Å². The van der Waals surface area contributed by atoms with Crippen molar-refractivity contribution >= 4 is 22.9 Å². The van der Waals surface area contributed by atoms with Crippen molar-refractivity contribution in [3.8, 4) is 0 Å². The highest BCUT2D eigenvalue weighted by Crippen LogP contribution is 2.50. The molecule has 0 unspecified atom stereocenters. The van der Waals surface area contributed by atoms with Crippen molar-refractivity contribution in [1.82, 2.24) is 8.01 Å². The molecule has 0 amide bonds. The molecule has 2 nitrogen and oxygen atoms in total. The number of halogens is 1. The van der Waals surface area contributed by atoms with Gasteiger partial charge in [-0.1, -0.05) is 0 Å². The fraction of sp³-hybridized carbons (Fsp3) is 1.00. The van der Waals surface area contributed by atoms with Gasteiger partial charge in [-0.3, -0.25) is 0 Å². The van der Waals surface area contributed by atoms with Crippen molar-refractivity contribution < 1.29 is 0 Å². The quantitative estimate of drug-likeness (QED) is 0.487. The molecule has 68 valence electrons. The van der Waals surface area contributed by atoms with Crippen LogP contribution < -0.4 is 0 Å². The zero-order chi connectivity index (χ0) is 8.29. The number of hydrogen-bond donors (Lipinski definition) is 0. The average Bonchev–Trinajstić information content (AvgIpc) is 2.60. The van der Waals surface area contributed by atoms with Gasteiger partial charge < -0.3 is 4.90 Å². The van der Waals surface area contributed by atoms with Crippen LogP contribution in [0.3, 0.4) is 0 Å². The molecule has 3 heterocycles. The number of likely N-dealkylation sites (tertiary alicyclic amines) is 1. The maximum atomic E-state index is 2.63.